The van der Waals surface area contributed by atoms with Gasteiger partial charge >= 0.3 is 0 Å². The van der Waals surface area contributed by atoms with E-state index in [0.717, 1.165) is 42.5 Å². The molecule has 0 radical (unpaired) electrons. The number of rotatable bonds is 4. The van der Waals surface area contributed by atoms with Gasteiger partial charge in [0.15, 0.2) is 0 Å². The van der Waals surface area contributed by atoms with Gasteiger partial charge in [0.05, 0.1) is 18.0 Å². The molecule has 25 heavy (non-hydrogen) atoms. The summed E-state index contributed by atoms with van der Waals surface area (Å²) in [5.74, 6) is 2.00. The maximum absolute atomic E-state index is 5.47. The third-order valence-corrected chi connectivity index (χ3v) is 4.35. The minimum absolute atomic E-state index is 0.520. The van der Waals surface area contributed by atoms with E-state index in [1.54, 1.807) is 6.20 Å². The molecule has 1 fully saturated rings. The molecule has 3 heterocycles. The van der Waals surface area contributed by atoms with Crippen molar-refractivity contribution in [3.63, 3.8) is 0 Å². The number of aryl methyl sites for hydroxylation is 1. The van der Waals surface area contributed by atoms with Crippen molar-refractivity contribution in [2.45, 2.75) is 19.3 Å². The summed E-state index contributed by atoms with van der Waals surface area (Å²) >= 11 is 0. The molecule has 1 atom stereocenters. The summed E-state index contributed by atoms with van der Waals surface area (Å²) in [7, 11) is 0. The Balaban J connectivity index is 1.55. The largest absolute Gasteiger partial charge is 0.381 e. The van der Waals surface area contributed by atoms with Crippen LogP contribution in [-0.2, 0) is 4.74 Å². The molecule has 1 aromatic carbocycles. The first-order valence-electron chi connectivity index (χ1n) is 8.50. The number of aromatic nitrogens is 3. The maximum atomic E-state index is 5.47. The lowest BCUT2D eigenvalue weighted by Gasteiger charge is -2.11. The van der Waals surface area contributed by atoms with Gasteiger partial charge in [0, 0.05) is 30.5 Å². The second-order valence-corrected chi connectivity index (χ2v) is 6.21. The van der Waals surface area contributed by atoms with Crippen LogP contribution in [0.15, 0.2) is 54.7 Å². The number of hydrogen-bond acceptors (Lipinski definition) is 5. The Hall–Kier alpha value is -2.79. The van der Waals surface area contributed by atoms with Crippen LogP contribution in [0.1, 0.15) is 23.7 Å². The number of hydrogen-bond donors (Lipinski definition) is 1. The van der Waals surface area contributed by atoms with Crippen LogP contribution in [-0.4, -0.2) is 28.2 Å². The lowest BCUT2D eigenvalue weighted by atomic mass is 9.98. The van der Waals surface area contributed by atoms with E-state index >= 15 is 0 Å². The summed E-state index contributed by atoms with van der Waals surface area (Å²) in [6.45, 7) is 3.58. The van der Waals surface area contributed by atoms with Gasteiger partial charge in [0.1, 0.15) is 11.6 Å². The average Bonchev–Trinajstić information content (AvgIpc) is 3.17. The van der Waals surface area contributed by atoms with Crippen molar-refractivity contribution in [3.05, 3.63) is 66.1 Å². The highest BCUT2D eigenvalue weighted by molar-refractivity contribution is 5.63. The molecule has 0 spiro atoms. The van der Waals surface area contributed by atoms with Crippen LogP contribution in [0.5, 0.6) is 0 Å². The van der Waals surface area contributed by atoms with Gasteiger partial charge in [-0.2, -0.15) is 0 Å². The second kappa shape index (κ2) is 6.99. The Bertz CT molecular complexity index is 843. The molecule has 2 aromatic heterocycles. The molecule has 1 aliphatic rings. The van der Waals surface area contributed by atoms with Gasteiger partial charge in [-0.1, -0.05) is 18.2 Å². The molecule has 126 valence electrons. The van der Waals surface area contributed by atoms with E-state index in [2.05, 4.69) is 44.5 Å². The van der Waals surface area contributed by atoms with Gasteiger partial charge in [-0.3, -0.25) is 4.98 Å². The zero-order valence-electron chi connectivity index (χ0n) is 14.1. The molecule has 4 rings (SSSR count). The zero-order valence-corrected chi connectivity index (χ0v) is 14.1. The minimum Gasteiger partial charge on any atom is -0.381 e. The Morgan fingerprint density at radius 1 is 1.04 bits per heavy atom. The van der Waals surface area contributed by atoms with E-state index < -0.39 is 0 Å². The second-order valence-electron chi connectivity index (χ2n) is 6.21. The summed E-state index contributed by atoms with van der Waals surface area (Å²) in [6, 6.07) is 16.2. The van der Waals surface area contributed by atoms with E-state index in [-0.39, 0.29) is 0 Å². The Morgan fingerprint density at radius 2 is 1.92 bits per heavy atom. The number of benzene rings is 1. The van der Waals surface area contributed by atoms with Gasteiger partial charge in [-0.25, -0.2) is 9.97 Å². The highest BCUT2D eigenvalue weighted by atomic mass is 16.5. The van der Waals surface area contributed by atoms with E-state index in [4.69, 9.17) is 4.74 Å². The summed E-state index contributed by atoms with van der Waals surface area (Å²) in [4.78, 5) is 13.3. The quantitative estimate of drug-likeness (QED) is 0.779. The van der Waals surface area contributed by atoms with Crippen LogP contribution in [0.3, 0.4) is 0 Å². The third kappa shape index (κ3) is 3.67. The van der Waals surface area contributed by atoms with Crippen LogP contribution in [0, 0.1) is 6.92 Å². The number of anilines is 2. The molecule has 1 unspecified atom stereocenters. The van der Waals surface area contributed by atoms with Crippen molar-refractivity contribution >= 4 is 11.5 Å². The number of ether oxygens (including phenoxy) is 1. The summed E-state index contributed by atoms with van der Waals surface area (Å²) < 4.78 is 5.47. The van der Waals surface area contributed by atoms with Crippen molar-refractivity contribution < 1.29 is 4.74 Å². The van der Waals surface area contributed by atoms with E-state index in [1.807, 2.05) is 31.2 Å². The first-order chi connectivity index (χ1) is 12.3. The molecule has 5 heteroatoms. The molecule has 0 aliphatic carbocycles. The molecule has 0 amide bonds. The normalized spacial score (nSPS) is 16.8. The maximum Gasteiger partial charge on any atom is 0.134 e. The summed E-state index contributed by atoms with van der Waals surface area (Å²) in [5.41, 5.74) is 3.99. The average molecular weight is 332 g/mol. The number of nitrogens with zero attached hydrogens (tertiary/aromatic N) is 3. The van der Waals surface area contributed by atoms with Crippen molar-refractivity contribution in [1.29, 1.82) is 0 Å². The first-order valence-corrected chi connectivity index (χ1v) is 8.50. The highest BCUT2D eigenvalue weighted by Gasteiger charge is 2.17. The van der Waals surface area contributed by atoms with Crippen molar-refractivity contribution in [1.82, 2.24) is 15.0 Å². The molecular weight excluding hydrogens is 312 g/mol. The van der Waals surface area contributed by atoms with Crippen molar-refractivity contribution in [2.75, 3.05) is 18.5 Å². The van der Waals surface area contributed by atoms with Gasteiger partial charge in [0.25, 0.3) is 0 Å². The molecule has 1 aliphatic heterocycles. The monoisotopic (exact) mass is 332 g/mol. The number of pyridine rings is 1. The lowest BCUT2D eigenvalue weighted by molar-refractivity contribution is 0.194. The smallest absolute Gasteiger partial charge is 0.134 e. The Labute approximate surface area is 147 Å². The molecule has 5 nitrogen and oxygen atoms in total. The fraction of sp³-hybridized carbons (Fsp3) is 0.250. The Kier molecular flexibility index (Phi) is 4.39. The fourth-order valence-electron chi connectivity index (χ4n) is 3.06. The predicted molar refractivity (Wildman–Crippen MR) is 97.9 cm³/mol. The van der Waals surface area contributed by atoms with E-state index in [9.17, 15) is 0 Å². The van der Waals surface area contributed by atoms with Crippen LogP contribution >= 0.6 is 0 Å². The van der Waals surface area contributed by atoms with Crippen LogP contribution in [0.4, 0.5) is 11.5 Å². The first kappa shape index (κ1) is 15.7. The predicted octanol–water partition coefficient (Wildman–Crippen LogP) is 4.09. The van der Waals surface area contributed by atoms with Gasteiger partial charge in [0.2, 0.25) is 0 Å². The number of nitrogens with one attached hydrogen (secondary N) is 1. The lowest BCUT2D eigenvalue weighted by Crippen LogP contribution is -2.01. The topological polar surface area (TPSA) is 59.9 Å². The molecule has 0 saturated carbocycles. The molecule has 0 bridgehead atoms. The van der Waals surface area contributed by atoms with Crippen molar-refractivity contribution in [3.8, 4) is 11.4 Å². The van der Waals surface area contributed by atoms with E-state index in [1.165, 1.54) is 5.56 Å². The van der Waals surface area contributed by atoms with Gasteiger partial charge < -0.3 is 10.1 Å². The summed E-state index contributed by atoms with van der Waals surface area (Å²) in [5, 5.41) is 3.36. The van der Waals surface area contributed by atoms with Crippen molar-refractivity contribution in [2.24, 2.45) is 0 Å². The SMILES string of the molecule is Cc1nc(Nc2ccc(C3CCOC3)cc2)cc(-c2ccccn2)n1. The zero-order chi connectivity index (χ0) is 17.1. The summed E-state index contributed by atoms with van der Waals surface area (Å²) in [6.07, 6.45) is 2.87. The highest BCUT2D eigenvalue weighted by Crippen LogP contribution is 2.27. The molecule has 1 N–H and O–H groups in total. The van der Waals surface area contributed by atoms with Crippen LogP contribution in [0.2, 0.25) is 0 Å². The minimum atomic E-state index is 0.520. The molecule has 3 aromatic rings. The standard InChI is InChI=1S/C20H20N4O/c1-14-22-19(18-4-2-3-10-21-18)12-20(23-14)24-17-7-5-15(6-8-17)16-9-11-25-13-16/h2-8,10,12,16H,9,11,13H2,1H3,(H,22,23,24). The Morgan fingerprint density at radius 3 is 2.64 bits per heavy atom. The molecular formula is C20H20N4O. The van der Waals surface area contributed by atoms with E-state index in [0.29, 0.717) is 11.7 Å². The third-order valence-electron chi connectivity index (χ3n) is 4.35. The van der Waals surface area contributed by atoms with Gasteiger partial charge in [-0.15, -0.1) is 0 Å². The molecule has 1 saturated heterocycles. The van der Waals surface area contributed by atoms with Gasteiger partial charge in [-0.05, 0) is 43.2 Å². The fourth-order valence-corrected chi connectivity index (χ4v) is 3.06. The van der Waals surface area contributed by atoms with Crippen LogP contribution < -0.4 is 5.32 Å². The van der Waals surface area contributed by atoms with Crippen LogP contribution in [0.25, 0.3) is 11.4 Å².